The van der Waals surface area contributed by atoms with Crippen molar-refractivity contribution in [1.82, 2.24) is 9.97 Å². The molecule has 5 nitrogen and oxygen atoms in total. The van der Waals surface area contributed by atoms with Crippen LogP contribution in [0.4, 0.5) is 17.2 Å². The van der Waals surface area contributed by atoms with E-state index in [0.29, 0.717) is 11.5 Å². The standard InChI is InChI=1S/C17H19N5/c18-11-16-17(20-10-9-19-16)22-15-7-5-14(6-8-15)21-12-13-3-1-2-4-13/h5-10,13,21H,1-4,12H2,(H,20,22). The zero-order chi connectivity index (χ0) is 15.2. The van der Waals surface area contributed by atoms with Gasteiger partial charge in [0.15, 0.2) is 11.5 Å². The average Bonchev–Trinajstić information content (AvgIpc) is 3.08. The highest BCUT2D eigenvalue weighted by Crippen LogP contribution is 2.25. The molecule has 1 heterocycles. The molecule has 22 heavy (non-hydrogen) atoms. The second-order valence-electron chi connectivity index (χ2n) is 5.60. The Morgan fingerprint density at radius 2 is 1.73 bits per heavy atom. The predicted molar refractivity (Wildman–Crippen MR) is 86.9 cm³/mol. The van der Waals surface area contributed by atoms with Crippen LogP contribution in [0.5, 0.6) is 0 Å². The van der Waals surface area contributed by atoms with Crippen LogP contribution in [0.1, 0.15) is 31.4 Å². The average molecular weight is 293 g/mol. The van der Waals surface area contributed by atoms with Crippen molar-refractivity contribution in [2.45, 2.75) is 25.7 Å². The summed E-state index contributed by atoms with van der Waals surface area (Å²) in [6.07, 6.45) is 8.51. The Morgan fingerprint density at radius 3 is 2.45 bits per heavy atom. The number of hydrogen-bond donors (Lipinski definition) is 2. The highest BCUT2D eigenvalue weighted by Gasteiger charge is 2.14. The van der Waals surface area contributed by atoms with Crippen LogP contribution in [-0.2, 0) is 0 Å². The summed E-state index contributed by atoms with van der Waals surface area (Å²) in [6, 6.07) is 10.1. The van der Waals surface area contributed by atoms with Crippen LogP contribution in [0.3, 0.4) is 0 Å². The molecule has 0 radical (unpaired) electrons. The summed E-state index contributed by atoms with van der Waals surface area (Å²) >= 11 is 0. The van der Waals surface area contributed by atoms with Gasteiger partial charge >= 0.3 is 0 Å². The van der Waals surface area contributed by atoms with Gasteiger partial charge in [0.05, 0.1) is 0 Å². The second-order valence-corrected chi connectivity index (χ2v) is 5.60. The third kappa shape index (κ3) is 3.53. The first-order valence-corrected chi connectivity index (χ1v) is 7.67. The lowest BCUT2D eigenvalue weighted by atomic mass is 10.1. The van der Waals surface area contributed by atoms with Crippen molar-refractivity contribution < 1.29 is 0 Å². The fourth-order valence-corrected chi connectivity index (χ4v) is 2.80. The normalized spacial score (nSPS) is 14.5. The first-order valence-electron chi connectivity index (χ1n) is 7.67. The molecule has 1 aromatic heterocycles. The van der Waals surface area contributed by atoms with Crippen LogP contribution in [0.15, 0.2) is 36.7 Å². The molecule has 1 saturated carbocycles. The minimum atomic E-state index is 0.297. The number of nitrogens with one attached hydrogen (secondary N) is 2. The molecular weight excluding hydrogens is 274 g/mol. The van der Waals surface area contributed by atoms with E-state index in [-0.39, 0.29) is 0 Å². The predicted octanol–water partition coefficient (Wildman–Crippen LogP) is 3.69. The maximum Gasteiger partial charge on any atom is 0.183 e. The number of rotatable bonds is 5. The molecule has 0 unspecified atom stereocenters. The van der Waals surface area contributed by atoms with Crippen molar-refractivity contribution in [3.05, 3.63) is 42.4 Å². The molecule has 0 amide bonds. The van der Waals surface area contributed by atoms with Crippen molar-refractivity contribution in [2.24, 2.45) is 5.92 Å². The van der Waals surface area contributed by atoms with E-state index in [1.165, 1.54) is 31.9 Å². The van der Waals surface area contributed by atoms with Crippen molar-refractivity contribution in [1.29, 1.82) is 5.26 Å². The second kappa shape index (κ2) is 6.90. The van der Waals surface area contributed by atoms with Crippen molar-refractivity contribution in [2.75, 3.05) is 17.2 Å². The van der Waals surface area contributed by atoms with E-state index in [0.717, 1.165) is 23.8 Å². The van der Waals surface area contributed by atoms with Gasteiger partial charge in [-0.2, -0.15) is 5.26 Å². The molecule has 1 aliphatic rings. The number of anilines is 3. The van der Waals surface area contributed by atoms with E-state index in [4.69, 9.17) is 5.26 Å². The molecule has 1 fully saturated rings. The molecule has 2 aromatic rings. The number of hydrogen-bond acceptors (Lipinski definition) is 5. The van der Waals surface area contributed by atoms with Gasteiger partial charge in [-0.1, -0.05) is 12.8 Å². The van der Waals surface area contributed by atoms with Gasteiger partial charge in [0.25, 0.3) is 0 Å². The fraction of sp³-hybridized carbons (Fsp3) is 0.353. The maximum absolute atomic E-state index is 9.01. The molecular formula is C17H19N5. The van der Waals surface area contributed by atoms with Crippen molar-refractivity contribution in [3.8, 4) is 6.07 Å². The van der Waals surface area contributed by atoms with Crippen LogP contribution in [-0.4, -0.2) is 16.5 Å². The van der Waals surface area contributed by atoms with Gasteiger partial charge in [-0.15, -0.1) is 0 Å². The first kappa shape index (κ1) is 14.3. The Morgan fingerprint density at radius 1 is 1.05 bits per heavy atom. The summed E-state index contributed by atoms with van der Waals surface area (Å²) in [5.41, 5.74) is 2.31. The van der Waals surface area contributed by atoms with Gasteiger partial charge in [-0.25, -0.2) is 9.97 Å². The van der Waals surface area contributed by atoms with Gasteiger partial charge in [0.2, 0.25) is 0 Å². The smallest absolute Gasteiger partial charge is 0.183 e. The van der Waals surface area contributed by atoms with E-state index < -0.39 is 0 Å². The highest BCUT2D eigenvalue weighted by atomic mass is 15.0. The summed E-state index contributed by atoms with van der Waals surface area (Å²) in [7, 11) is 0. The minimum Gasteiger partial charge on any atom is -0.385 e. The zero-order valence-corrected chi connectivity index (χ0v) is 12.4. The van der Waals surface area contributed by atoms with Crippen LogP contribution < -0.4 is 10.6 Å². The molecule has 1 aliphatic carbocycles. The highest BCUT2D eigenvalue weighted by molar-refractivity contribution is 5.63. The SMILES string of the molecule is N#Cc1nccnc1Nc1ccc(NCC2CCCC2)cc1. The molecule has 2 N–H and O–H groups in total. The van der Waals surface area contributed by atoms with Crippen molar-refractivity contribution in [3.63, 3.8) is 0 Å². The van der Waals surface area contributed by atoms with Gasteiger partial charge < -0.3 is 10.6 Å². The van der Waals surface area contributed by atoms with E-state index in [2.05, 4.69) is 20.6 Å². The van der Waals surface area contributed by atoms with Crippen LogP contribution in [0.25, 0.3) is 0 Å². The molecule has 1 aromatic carbocycles. The minimum absolute atomic E-state index is 0.297. The largest absolute Gasteiger partial charge is 0.385 e. The van der Waals surface area contributed by atoms with Gasteiger partial charge in [0.1, 0.15) is 6.07 Å². The quantitative estimate of drug-likeness (QED) is 0.879. The molecule has 5 heteroatoms. The Labute approximate surface area is 130 Å². The molecule has 0 saturated heterocycles. The fourth-order valence-electron chi connectivity index (χ4n) is 2.80. The Hall–Kier alpha value is -2.61. The van der Waals surface area contributed by atoms with Gasteiger partial charge in [-0.3, -0.25) is 0 Å². The summed E-state index contributed by atoms with van der Waals surface area (Å²) in [5, 5.41) is 15.6. The number of nitrogens with zero attached hydrogens (tertiary/aromatic N) is 3. The number of nitriles is 1. The van der Waals surface area contributed by atoms with E-state index >= 15 is 0 Å². The van der Waals surface area contributed by atoms with Gasteiger partial charge in [0, 0.05) is 30.3 Å². The third-order valence-corrected chi connectivity index (χ3v) is 4.02. The Bertz CT molecular complexity index is 653. The summed E-state index contributed by atoms with van der Waals surface area (Å²) in [6.45, 7) is 1.05. The lowest BCUT2D eigenvalue weighted by Gasteiger charge is -2.12. The maximum atomic E-state index is 9.01. The lowest BCUT2D eigenvalue weighted by molar-refractivity contribution is 0.580. The molecule has 0 aliphatic heterocycles. The van der Waals surface area contributed by atoms with Crippen LogP contribution in [0.2, 0.25) is 0 Å². The van der Waals surface area contributed by atoms with E-state index in [1.807, 2.05) is 30.3 Å². The van der Waals surface area contributed by atoms with Crippen LogP contribution in [0, 0.1) is 17.2 Å². The summed E-state index contributed by atoms with van der Waals surface area (Å²) < 4.78 is 0. The molecule has 0 bridgehead atoms. The lowest BCUT2D eigenvalue weighted by Crippen LogP contribution is -2.10. The van der Waals surface area contributed by atoms with E-state index in [1.54, 1.807) is 6.20 Å². The number of aromatic nitrogens is 2. The molecule has 0 atom stereocenters. The molecule has 3 rings (SSSR count). The molecule has 0 spiro atoms. The summed E-state index contributed by atoms with van der Waals surface area (Å²) in [4.78, 5) is 8.13. The Balaban J connectivity index is 1.60. The third-order valence-electron chi connectivity index (χ3n) is 4.02. The zero-order valence-electron chi connectivity index (χ0n) is 12.4. The first-order chi connectivity index (χ1) is 10.8. The van der Waals surface area contributed by atoms with Gasteiger partial charge in [-0.05, 0) is 43.0 Å². The Kier molecular flexibility index (Phi) is 4.50. The topological polar surface area (TPSA) is 73.6 Å². The van der Waals surface area contributed by atoms with Crippen LogP contribution >= 0.6 is 0 Å². The molecule has 112 valence electrons. The van der Waals surface area contributed by atoms with Crippen molar-refractivity contribution >= 4 is 17.2 Å². The number of benzene rings is 1. The summed E-state index contributed by atoms with van der Waals surface area (Å²) in [5.74, 6) is 1.30. The van der Waals surface area contributed by atoms with E-state index in [9.17, 15) is 0 Å². The monoisotopic (exact) mass is 293 g/mol.